The number of hydrogen-bond donors (Lipinski definition) is 1. The summed E-state index contributed by atoms with van der Waals surface area (Å²) >= 11 is 0. The first kappa shape index (κ1) is 13.8. The first-order valence-electron chi connectivity index (χ1n) is 7.01. The quantitative estimate of drug-likeness (QED) is 0.766. The second kappa shape index (κ2) is 6.50. The lowest BCUT2D eigenvalue weighted by atomic mass is 10.2. The number of nitrogens with one attached hydrogen (secondary N) is 1. The van der Waals surface area contributed by atoms with Gasteiger partial charge in [-0.25, -0.2) is 0 Å². The molecule has 1 N–H and O–H groups in total. The standard InChI is InChI=1S/C13H25N3O2/c1-11-10-18-12(2)9-16(11)6-3-13(17)15-7-4-14-5-8-15/h11-12,14H,3-10H2,1-2H3. The maximum Gasteiger partial charge on any atom is 0.223 e. The van der Waals surface area contributed by atoms with Gasteiger partial charge in [0.05, 0.1) is 12.7 Å². The fourth-order valence-corrected chi connectivity index (χ4v) is 2.60. The molecule has 2 atom stereocenters. The number of carbonyl (C=O) groups excluding carboxylic acids is 1. The van der Waals surface area contributed by atoms with E-state index in [2.05, 4.69) is 24.1 Å². The zero-order valence-electron chi connectivity index (χ0n) is 11.5. The van der Waals surface area contributed by atoms with Gasteiger partial charge in [0, 0.05) is 51.7 Å². The second-order valence-corrected chi connectivity index (χ2v) is 5.37. The van der Waals surface area contributed by atoms with E-state index in [1.165, 1.54) is 0 Å². The predicted molar refractivity (Wildman–Crippen MR) is 70.5 cm³/mol. The molecular weight excluding hydrogens is 230 g/mol. The van der Waals surface area contributed by atoms with E-state index in [4.69, 9.17) is 4.74 Å². The SMILES string of the molecule is CC1CN(CCC(=O)N2CCNCC2)C(C)CO1. The van der Waals surface area contributed by atoms with Crippen LogP contribution in [0.2, 0.25) is 0 Å². The molecule has 2 aliphatic heterocycles. The van der Waals surface area contributed by atoms with E-state index >= 15 is 0 Å². The zero-order valence-corrected chi connectivity index (χ0v) is 11.5. The number of rotatable bonds is 3. The molecule has 0 aromatic rings. The minimum Gasteiger partial charge on any atom is -0.376 e. The monoisotopic (exact) mass is 255 g/mol. The average Bonchev–Trinajstić information content (AvgIpc) is 2.40. The Balaban J connectivity index is 1.74. The summed E-state index contributed by atoms with van der Waals surface area (Å²) in [6, 6.07) is 0.428. The molecule has 0 spiro atoms. The number of amides is 1. The molecule has 0 radical (unpaired) electrons. The lowest BCUT2D eigenvalue weighted by Crippen LogP contribution is -2.50. The molecule has 104 valence electrons. The number of nitrogens with zero attached hydrogens (tertiary/aromatic N) is 2. The molecule has 5 nitrogen and oxygen atoms in total. The fraction of sp³-hybridized carbons (Fsp3) is 0.923. The molecule has 0 aliphatic carbocycles. The Bertz CT molecular complexity index is 279. The first-order valence-corrected chi connectivity index (χ1v) is 7.01. The van der Waals surface area contributed by atoms with Crippen LogP contribution in [-0.4, -0.2) is 73.7 Å². The largest absolute Gasteiger partial charge is 0.376 e. The summed E-state index contributed by atoms with van der Waals surface area (Å²) in [4.78, 5) is 16.4. The average molecular weight is 255 g/mol. The summed E-state index contributed by atoms with van der Waals surface area (Å²) in [5, 5.41) is 3.27. The van der Waals surface area contributed by atoms with Crippen LogP contribution in [0, 0.1) is 0 Å². The highest BCUT2D eigenvalue weighted by Crippen LogP contribution is 2.12. The van der Waals surface area contributed by atoms with E-state index in [0.717, 1.165) is 45.9 Å². The summed E-state index contributed by atoms with van der Waals surface area (Å²) < 4.78 is 5.60. The van der Waals surface area contributed by atoms with Crippen molar-refractivity contribution in [2.24, 2.45) is 0 Å². The van der Waals surface area contributed by atoms with Crippen LogP contribution in [0.1, 0.15) is 20.3 Å². The topological polar surface area (TPSA) is 44.8 Å². The van der Waals surface area contributed by atoms with Crippen LogP contribution in [0.5, 0.6) is 0 Å². The van der Waals surface area contributed by atoms with Crippen molar-refractivity contribution in [2.45, 2.75) is 32.4 Å². The number of ether oxygens (including phenoxy) is 1. The van der Waals surface area contributed by atoms with Gasteiger partial charge in [0.1, 0.15) is 0 Å². The smallest absolute Gasteiger partial charge is 0.223 e. The Labute approximate surface area is 109 Å². The van der Waals surface area contributed by atoms with Gasteiger partial charge >= 0.3 is 0 Å². The van der Waals surface area contributed by atoms with E-state index in [1.807, 2.05) is 4.90 Å². The van der Waals surface area contributed by atoms with Crippen LogP contribution < -0.4 is 5.32 Å². The Morgan fingerprint density at radius 2 is 2.06 bits per heavy atom. The third-order valence-electron chi connectivity index (χ3n) is 3.82. The van der Waals surface area contributed by atoms with Gasteiger partial charge in [0.25, 0.3) is 0 Å². The lowest BCUT2D eigenvalue weighted by molar-refractivity contribution is -0.133. The van der Waals surface area contributed by atoms with Crippen LogP contribution in [0.25, 0.3) is 0 Å². The number of hydrogen-bond acceptors (Lipinski definition) is 4. The van der Waals surface area contributed by atoms with Crippen molar-refractivity contribution in [1.82, 2.24) is 15.1 Å². The van der Waals surface area contributed by atoms with Gasteiger partial charge in [-0.1, -0.05) is 0 Å². The molecule has 1 amide bonds. The summed E-state index contributed by atoms with van der Waals surface area (Å²) in [6.45, 7) is 10.4. The van der Waals surface area contributed by atoms with Crippen molar-refractivity contribution >= 4 is 5.91 Å². The molecule has 5 heteroatoms. The van der Waals surface area contributed by atoms with Crippen LogP contribution in [0.3, 0.4) is 0 Å². The van der Waals surface area contributed by atoms with Gasteiger partial charge in [-0.2, -0.15) is 0 Å². The maximum absolute atomic E-state index is 12.1. The normalized spacial score (nSPS) is 30.4. The van der Waals surface area contributed by atoms with E-state index < -0.39 is 0 Å². The van der Waals surface area contributed by atoms with Crippen molar-refractivity contribution in [3.8, 4) is 0 Å². The molecule has 18 heavy (non-hydrogen) atoms. The Morgan fingerprint density at radius 1 is 1.33 bits per heavy atom. The van der Waals surface area contributed by atoms with Crippen molar-refractivity contribution in [1.29, 1.82) is 0 Å². The van der Waals surface area contributed by atoms with Crippen molar-refractivity contribution in [3.05, 3.63) is 0 Å². The molecule has 2 saturated heterocycles. The van der Waals surface area contributed by atoms with Gasteiger partial charge in [0.15, 0.2) is 0 Å². The van der Waals surface area contributed by atoms with Crippen LogP contribution in [0.15, 0.2) is 0 Å². The summed E-state index contributed by atoms with van der Waals surface area (Å²) in [7, 11) is 0. The Kier molecular flexibility index (Phi) is 4.97. The highest BCUT2D eigenvalue weighted by molar-refractivity contribution is 5.76. The highest BCUT2D eigenvalue weighted by atomic mass is 16.5. The predicted octanol–water partition coefficient (Wildman–Crippen LogP) is -0.0825. The Hall–Kier alpha value is -0.650. The van der Waals surface area contributed by atoms with Gasteiger partial charge in [-0.3, -0.25) is 9.69 Å². The molecule has 0 aromatic carbocycles. The van der Waals surface area contributed by atoms with Crippen molar-refractivity contribution < 1.29 is 9.53 Å². The number of piperazine rings is 1. The molecule has 2 unspecified atom stereocenters. The zero-order chi connectivity index (χ0) is 13.0. The molecule has 0 bridgehead atoms. The van der Waals surface area contributed by atoms with Gasteiger partial charge in [0.2, 0.25) is 5.91 Å². The van der Waals surface area contributed by atoms with Crippen LogP contribution in [0.4, 0.5) is 0 Å². The molecule has 2 aliphatic rings. The van der Waals surface area contributed by atoms with Crippen LogP contribution in [-0.2, 0) is 9.53 Å². The molecule has 0 aromatic heterocycles. The summed E-state index contributed by atoms with van der Waals surface area (Å²) in [5.74, 6) is 0.294. The van der Waals surface area contributed by atoms with Crippen molar-refractivity contribution in [2.75, 3.05) is 45.9 Å². The minimum atomic E-state index is 0.287. The highest BCUT2D eigenvalue weighted by Gasteiger charge is 2.24. The third kappa shape index (κ3) is 3.67. The fourth-order valence-electron chi connectivity index (χ4n) is 2.60. The van der Waals surface area contributed by atoms with Crippen molar-refractivity contribution in [3.63, 3.8) is 0 Å². The molecular formula is C13H25N3O2. The second-order valence-electron chi connectivity index (χ2n) is 5.37. The van der Waals surface area contributed by atoms with Gasteiger partial charge in [-0.05, 0) is 13.8 Å². The summed E-state index contributed by atoms with van der Waals surface area (Å²) in [6.07, 6.45) is 0.923. The molecule has 2 rings (SSSR count). The maximum atomic E-state index is 12.1. The van der Waals surface area contributed by atoms with Crippen LogP contribution >= 0.6 is 0 Å². The summed E-state index contributed by atoms with van der Waals surface area (Å²) in [5.41, 5.74) is 0. The van der Waals surface area contributed by atoms with Gasteiger partial charge < -0.3 is 15.0 Å². The number of carbonyl (C=O) groups is 1. The number of morpholine rings is 1. The van der Waals surface area contributed by atoms with E-state index in [1.54, 1.807) is 0 Å². The minimum absolute atomic E-state index is 0.287. The Morgan fingerprint density at radius 3 is 2.78 bits per heavy atom. The lowest BCUT2D eigenvalue weighted by Gasteiger charge is -2.37. The van der Waals surface area contributed by atoms with E-state index in [9.17, 15) is 4.79 Å². The molecule has 2 heterocycles. The van der Waals surface area contributed by atoms with E-state index in [-0.39, 0.29) is 6.10 Å². The van der Waals surface area contributed by atoms with Gasteiger partial charge in [-0.15, -0.1) is 0 Å². The molecule has 0 saturated carbocycles. The first-order chi connectivity index (χ1) is 8.66. The third-order valence-corrected chi connectivity index (χ3v) is 3.82. The van der Waals surface area contributed by atoms with E-state index in [0.29, 0.717) is 18.4 Å². The molecule has 2 fully saturated rings.